The summed E-state index contributed by atoms with van der Waals surface area (Å²) in [5.41, 5.74) is 0.0351. The molecule has 0 spiro atoms. The third-order valence-corrected chi connectivity index (χ3v) is 2.89. The van der Waals surface area contributed by atoms with E-state index in [9.17, 15) is 0 Å². The highest BCUT2D eigenvalue weighted by Gasteiger charge is 2.39. The van der Waals surface area contributed by atoms with Gasteiger partial charge in [-0.3, -0.25) is 0 Å². The minimum absolute atomic E-state index is 0.0351. The summed E-state index contributed by atoms with van der Waals surface area (Å²) in [6, 6.07) is 4.51. The molecule has 2 heteroatoms. The molecule has 12 heavy (non-hydrogen) atoms. The first-order chi connectivity index (χ1) is 5.61. The van der Waals surface area contributed by atoms with Crippen LogP contribution in [-0.4, -0.2) is 0 Å². The fraction of sp³-hybridized carbons (Fsp3) is 0.800. The zero-order valence-corrected chi connectivity index (χ0v) is 7.67. The number of nitriles is 2. The Morgan fingerprint density at radius 2 is 1.92 bits per heavy atom. The van der Waals surface area contributed by atoms with Crippen LogP contribution in [0.3, 0.4) is 0 Å². The summed E-state index contributed by atoms with van der Waals surface area (Å²) >= 11 is 0. The predicted molar refractivity (Wildman–Crippen MR) is 45.8 cm³/mol. The van der Waals surface area contributed by atoms with Gasteiger partial charge < -0.3 is 0 Å². The van der Waals surface area contributed by atoms with Crippen molar-refractivity contribution in [2.24, 2.45) is 17.3 Å². The zero-order valence-electron chi connectivity index (χ0n) is 7.67. The molecule has 0 N–H and O–H groups in total. The molecule has 1 saturated carbocycles. The molecule has 2 atom stereocenters. The minimum atomic E-state index is -0.0729. The first kappa shape index (κ1) is 9.07. The van der Waals surface area contributed by atoms with Crippen molar-refractivity contribution in [2.75, 3.05) is 0 Å². The van der Waals surface area contributed by atoms with E-state index in [-0.39, 0.29) is 17.3 Å². The van der Waals surface area contributed by atoms with Crippen LogP contribution in [0.4, 0.5) is 0 Å². The third-order valence-electron chi connectivity index (χ3n) is 2.89. The second-order valence-electron chi connectivity index (χ2n) is 4.22. The van der Waals surface area contributed by atoms with Gasteiger partial charge >= 0.3 is 0 Å². The Bertz CT molecular complexity index is 242. The number of hydrogen-bond donors (Lipinski definition) is 0. The standard InChI is InChI=1S/C10H14N2/c1-10(2)5-3-4-8(6-11)9(10)7-12/h8-9H,3-5H2,1-2H3. The average Bonchev–Trinajstić information content (AvgIpc) is 2.02. The van der Waals surface area contributed by atoms with Crippen LogP contribution in [0.1, 0.15) is 33.1 Å². The van der Waals surface area contributed by atoms with Crippen LogP contribution in [0.5, 0.6) is 0 Å². The Hall–Kier alpha value is -1.02. The van der Waals surface area contributed by atoms with E-state index in [1.807, 2.05) is 0 Å². The van der Waals surface area contributed by atoms with Crippen LogP contribution < -0.4 is 0 Å². The smallest absolute Gasteiger partial charge is 0.0675 e. The average molecular weight is 162 g/mol. The van der Waals surface area contributed by atoms with Gasteiger partial charge in [0, 0.05) is 0 Å². The van der Waals surface area contributed by atoms with E-state index in [2.05, 4.69) is 26.0 Å². The molecule has 0 aromatic rings. The highest BCUT2D eigenvalue weighted by atomic mass is 14.5. The van der Waals surface area contributed by atoms with E-state index >= 15 is 0 Å². The van der Waals surface area contributed by atoms with Gasteiger partial charge in [0.1, 0.15) is 0 Å². The Balaban J connectivity index is 2.84. The van der Waals surface area contributed by atoms with Gasteiger partial charge in [0.05, 0.1) is 24.0 Å². The molecule has 2 unspecified atom stereocenters. The molecule has 0 bridgehead atoms. The van der Waals surface area contributed by atoms with Crippen LogP contribution in [0.15, 0.2) is 0 Å². The van der Waals surface area contributed by atoms with Crippen molar-refractivity contribution in [1.82, 2.24) is 0 Å². The van der Waals surface area contributed by atoms with E-state index in [1.165, 1.54) is 0 Å². The molecule has 0 saturated heterocycles. The molecular formula is C10H14N2. The maximum atomic E-state index is 8.93. The van der Waals surface area contributed by atoms with Gasteiger partial charge in [-0.15, -0.1) is 0 Å². The molecular weight excluding hydrogens is 148 g/mol. The van der Waals surface area contributed by atoms with Crippen LogP contribution in [0.2, 0.25) is 0 Å². The molecule has 0 heterocycles. The maximum Gasteiger partial charge on any atom is 0.0675 e. The van der Waals surface area contributed by atoms with Crippen molar-refractivity contribution in [2.45, 2.75) is 33.1 Å². The SMILES string of the molecule is CC1(C)CCCC(C#N)C1C#N. The van der Waals surface area contributed by atoms with E-state index in [1.54, 1.807) is 0 Å². The first-order valence-electron chi connectivity index (χ1n) is 4.41. The van der Waals surface area contributed by atoms with Gasteiger partial charge in [0.2, 0.25) is 0 Å². The van der Waals surface area contributed by atoms with Gasteiger partial charge in [-0.25, -0.2) is 0 Å². The second kappa shape index (κ2) is 3.15. The third kappa shape index (κ3) is 1.43. The molecule has 0 aromatic heterocycles. The lowest BCUT2D eigenvalue weighted by molar-refractivity contribution is 0.147. The Labute approximate surface area is 73.8 Å². The molecule has 0 aliphatic heterocycles. The summed E-state index contributed by atoms with van der Waals surface area (Å²) in [5, 5.41) is 17.8. The summed E-state index contributed by atoms with van der Waals surface area (Å²) in [7, 11) is 0. The Morgan fingerprint density at radius 3 is 2.33 bits per heavy atom. The summed E-state index contributed by atoms with van der Waals surface area (Å²) in [4.78, 5) is 0. The normalized spacial score (nSPS) is 33.3. The van der Waals surface area contributed by atoms with Crippen molar-refractivity contribution in [3.63, 3.8) is 0 Å². The van der Waals surface area contributed by atoms with Crippen LogP contribution in [0.25, 0.3) is 0 Å². The lowest BCUT2D eigenvalue weighted by Gasteiger charge is -2.37. The van der Waals surface area contributed by atoms with Crippen LogP contribution in [-0.2, 0) is 0 Å². The highest BCUT2D eigenvalue weighted by molar-refractivity contribution is 5.06. The second-order valence-corrected chi connectivity index (χ2v) is 4.22. The van der Waals surface area contributed by atoms with Crippen LogP contribution in [0, 0.1) is 39.9 Å². The summed E-state index contributed by atoms with van der Waals surface area (Å²) in [5.74, 6) is -0.116. The molecule has 1 aliphatic carbocycles. The number of rotatable bonds is 0. The van der Waals surface area contributed by atoms with Gasteiger partial charge in [-0.2, -0.15) is 10.5 Å². The molecule has 0 aromatic carbocycles. The molecule has 64 valence electrons. The van der Waals surface area contributed by atoms with E-state index in [4.69, 9.17) is 10.5 Å². The van der Waals surface area contributed by atoms with Gasteiger partial charge in [-0.05, 0) is 18.3 Å². The lowest BCUT2D eigenvalue weighted by atomic mass is 9.65. The van der Waals surface area contributed by atoms with E-state index < -0.39 is 0 Å². The monoisotopic (exact) mass is 162 g/mol. The molecule has 0 amide bonds. The van der Waals surface area contributed by atoms with E-state index in [0.717, 1.165) is 19.3 Å². The maximum absolute atomic E-state index is 8.93. The van der Waals surface area contributed by atoms with Crippen molar-refractivity contribution in [1.29, 1.82) is 10.5 Å². The Kier molecular flexibility index (Phi) is 2.38. The van der Waals surface area contributed by atoms with Gasteiger partial charge in [-0.1, -0.05) is 20.3 Å². The number of hydrogen-bond acceptors (Lipinski definition) is 2. The summed E-state index contributed by atoms with van der Waals surface area (Å²) in [6.07, 6.45) is 3.06. The summed E-state index contributed by atoms with van der Waals surface area (Å²) < 4.78 is 0. The van der Waals surface area contributed by atoms with Crippen molar-refractivity contribution >= 4 is 0 Å². The quantitative estimate of drug-likeness (QED) is 0.549. The predicted octanol–water partition coefficient (Wildman–Crippen LogP) is 2.48. The lowest BCUT2D eigenvalue weighted by Crippen LogP contribution is -2.33. The molecule has 0 radical (unpaired) electrons. The van der Waals surface area contributed by atoms with Crippen molar-refractivity contribution in [3.05, 3.63) is 0 Å². The topological polar surface area (TPSA) is 47.6 Å². The molecule has 2 nitrogen and oxygen atoms in total. The largest absolute Gasteiger partial charge is 0.198 e. The van der Waals surface area contributed by atoms with Gasteiger partial charge in [0.15, 0.2) is 0 Å². The van der Waals surface area contributed by atoms with Gasteiger partial charge in [0.25, 0.3) is 0 Å². The van der Waals surface area contributed by atoms with Crippen molar-refractivity contribution < 1.29 is 0 Å². The molecule has 1 aliphatic rings. The molecule has 1 fully saturated rings. The zero-order chi connectivity index (χ0) is 9.19. The van der Waals surface area contributed by atoms with Crippen LogP contribution >= 0.6 is 0 Å². The fourth-order valence-corrected chi connectivity index (χ4v) is 2.05. The highest BCUT2D eigenvalue weighted by Crippen LogP contribution is 2.43. The minimum Gasteiger partial charge on any atom is -0.198 e. The Morgan fingerprint density at radius 1 is 1.25 bits per heavy atom. The van der Waals surface area contributed by atoms with Crippen molar-refractivity contribution in [3.8, 4) is 12.1 Å². The molecule has 1 rings (SSSR count). The van der Waals surface area contributed by atoms with E-state index in [0.29, 0.717) is 0 Å². The fourth-order valence-electron chi connectivity index (χ4n) is 2.05. The summed E-state index contributed by atoms with van der Waals surface area (Å²) in [6.45, 7) is 4.18. The first-order valence-corrected chi connectivity index (χ1v) is 4.41. The number of nitrogens with zero attached hydrogens (tertiary/aromatic N) is 2.